The molecule has 4 heterocycles. The largest absolute Gasteiger partial charge is 0.340 e. The first-order valence-corrected chi connectivity index (χ1v) is 19.8. The summed E-state index contributed by atoms with van der Waals surface area (Å²) in [6.45, 7) is 0. The molecule has 0 N–H and O–H groups in total. The lowest BCUT2D eigenvalue weighted by atomic mass is 10.0. The zero-order chi connectivity index (χ0) is 36.5. The normalized spacial score (nSPS) is 15.3. The zero-order valence-electron chi connectivity index (χ0n) is 29.5. The average molecular weight is 727 g/mol. The number of aromatic nitrogens is 3. The third-order valence-electron chi connectivity index (χ3n) is 10.6. The Hall–Kier alpha value is -7.09. The van der Waals surface area contributed by atoms with E-state index in [0.717, 1.165) is 28.0 Å². The average Bonchev–Trinajstić information content (AvgIpc) is 3.76. The van der Waals surface area contributed by atoms with Crippen molar-refractivity contribution in [3.05, 3.63) is 205 Å². The number of fused-ring (bicyclic) bond motifs is 7. The van der Waals surface area contributed by atoms with Gasteiger partial charge >= 0.3 is 5.49 Å². The fraction of sp³-hybridized carbons (Fsp3) is 0. The van der Waals surface area contributed by atoms with Crippen LogP contribution in [0.5, 0.6) is 0 Å². The van der Waals surface area contributed by atoms with Gasteiger partial charge in [0.05, 0.1) is 27.0 Å². The molecule has 55 heavy (non-hydrogen) atoms. The van der Waals surface area contributed by atoms with E-state index in [0.29, 0.717) is 16.2 Å². The highest BCUT2D eigenvalue weighted by Crippen LogP contribution is 2.38. The number of pyridine rings is 1. The molecule has 11 rings (SSSR count). The molecule has 0 fully saturated rings. The van der Waals surface area contributed by atoms with E-state index in [1.165, 1.54) is 43.7 Å². The standard InChI is InChI=1S/C48H32N5OS/c54-55(38-15-5-2-6-16-38)50-48(49-47-21-11-12-30-51(47)55)33-22-26-37(27-23-33)53-44-20-10-8-18-40(44)42-32-35(25-29-46(42)53)34-24-28-45-41(31-34)39-17-7-9-19-43(39)52(45)36-13-3-1-4-14-36/h1-32H/q+1. The topological polar surface area (TPSA) is 57.5 Å². The molecule has 1 aliphatic rings. The first kappa shape index (κ1) is 31.4. The Labute approximate surface area is 317 Å². The summed E-state index contributed by atoms with van der Waals surface area (Å²) < 4.78 is 25.7. The van der Waals surface area contributed by atoms with Crippen molar-refractivity contribution in [2.45, 2.75) is 4.90 Å². The molecule has 1 atom stereocenters. The molecule has 0 saturated carbocycles. The van der Waals surface area contributed by atoms with Crippen LogP contribution >= 0.6 is 0 Å². The molecule has 7 aromatic carbocycles. The highest BCUT2D eigenvalue weighted by Gasteiger charge is 2.25. The maximum absolute atomic E-state index is 14.6. The molecule has 1 unspecified atom stereocenters. The first-order chi connectivity index (χ1) is 27.1. The van der Waals surface area contributed by atoms with E-state index in [-0.39, 0.29) is 0 Å². The van der Waals surface area contributed by atoms with Gasteiger partial charge in [0.25, 0.3) is 5.84 Å². The van der Waals surface area contributed by atoms with Crippen molar-refractivity contribution in [2.75, 3.05) is 0 Å². The number of rotatable bonds is 5. The van der Waals surface area contributed by atoms with Crippen molar-refractivity contribution in [1.29, 1.82) is 0 Å². The number of hydrogen-bond donors (Lipinski definition) is 0. The van der Waals surface area contributed by atoms with E-state index in [2.05, 4.69) is 137 Å². The fourth-order valence-electron chi connectivity index (χ4n) is 8.08. The quantitative estimate of drug-likeness (QED) is 0.163. The first-order valence-electron chi connectivity index (χ1n) is 18.3. The van der Waals surface area contributed by atoms with Crippen LogP contribution in [0.15, 0.2) is 209 Å². The van der Waals surface area contributed by atoms with Gasteiger partial charge in [0.15, 0.2) is 0 Å². The van der Waals surface area contributed by atoms with E-state index in [1.54, 1.807) is 9.81 Å². The Morgan fingerprint density at radius 3 is 1.55 bits per heavy atom. The second kappa shape index (κ2) is 12.2. The van der Waals surface area contributed by atoms with Gasteiger partial charge in [0.2, 0.25) is 9.92 Å². The molecule has 0 radical (unpaired) electrons. The van der Waals surface area contributed by atoms with Crippen LogP contribution in [-0.2, 0) is 9.92 Å². The van der Waals surface area contributed by atoms with Crippen LogP contribution in [0.3, 0.4) is 0 Å². The number of hydrogen-bond acceptors (Lipinski definition) is 2. The van der Waals surface area contributed by atoms with E-state index in [1.807, 2.05) is 60.7 Å². The van der Waals surface area contributed by atoms with Gasteiger partial charge in [-0.25, -0.2) is 0 Å². The van der Waals surface area contributed by atoms with Gasteiger partial charge in [-0.3, -0.25) is 0 Å². The number of para-hydroxylation sites is 3. The molecule has 260 valence electrons. The van der Waals surface area contributed by atoms with Gasteiger partial charge in [-0.15, -0.1) is 8.01 Å². The Morgan fingerprint density at radius 2 is 0.927 bits per heavy atom. The minimum Gasteiger partial charge on any atom is -0.309 e. The maximum atomic E-state index is 14.6. The third-order valence-corrected chi connectivity index (χ3v) is 12.8. The van der Waals surface area contributed by atoms with Gasteiger partial charge in [0, 0.05) is 44.5 Å². The van der Waals surface area contributed by atoms with E-state index in [4.69, 9.17) is 9.39 Å². The van der Waals surface area contributed by atoms with E-state index < -0.39 is 9.92 Å². The van der Waals surface area contributed by atoms with Crippen molar-refractivity contribution >= 4 is 59.4 Å². The van der Waals surface area contributed by atoms with Gasteiger partial charge in [-0.2, -0.15) is 4.21 Å². The van der Waals surface area contributed by atoms with Crippen LogP contribution in [0.1, 0.15) is 5.56 Å². The lowest BCUT2D eigenvalue weighted by Gasteiger charge is -2.10. The van der Waals surface area contributed by atoms with Gasteiger partial charge in [0.1, 0.15) is 6.20 Å². The van der Waals surface area contributed by atoms with Crippen molar-refractivity contribution in [2.24, 2.45) is 9.39 Å². The second-order valence-electron chi connectivity index (χ2n) is 13.8. The Bertz CT molecular complexity index is 3410. The molecular weight excluding hydrogens is 695 g/mol. The summed E-state index contributed by atoms with van der Waals surface area (Å²) in [4.78, 5) is 5.48. The molecule has 3 aromatic heterocycles. The monoisotopic (exact) mass is 726 g/mol. The highest BCUT2D eigenvalue weighted by molar-refractivity contribution is 7.90. The smallest absolute Gasteiger partial charge is 0.309 e. The van der Waals surface area contributed by atoms with Crippen LogP contribution in [-0.4, -0.2) is 19.2 Å². The number of amidine groups is 1. The predicted molar refractivity (Wildman–Crippen MR) is 223 cm³/mol. The summed E-state index contributed by atoms with van der Waals surface area (Å²) in [6, 6.07) is 64.7. The second-order valence-corrected chi connectivity index (χ2v) is 15.8. The van der Waals surface area contributed by atoms with Crippen LogP contribution < -0.4 is 9.10 Å². The maximum Gasteiger partial charge on any atom is 0.340 e. The van der Waals surface area contributed by atoms with Crippen molar-refractivity contribution < 1.29 is 7.82 Å². The molecule has 0 saturated heterocycles. The molecule has 0 aliphatic carbocycles. The lowest BCUT2D eigenvalue weighted by molar-refractivity contribution is -0.465. The Kier molecular flexibility index (Phi) is 6.99. The number of nitrogens with zero attached hydrogens (tertiary/aromatic N) is 5. The van der Waals surface area contributed by atoms with Crippen molar-refractivity contribution in [3.63, 3.8) is 0 Å². The fourth-order valence-corrected chi connectivity index (χ4v) is 9.99. The number of benzene rings is 7. The lowest BCUT2D eigenvalue weighted by Crippen LogP contribution is -2.46. The minimum absolute atomic E-state index is 0.447. The van der Waals surface area contributed by atoms with Crippen LogP contribution in [0.2, 0.25) is 0 Å². The predicted octanol–water partition coefficient (Wildman–Crippen LogP) is 9.94. The van der Waals surface area contributed by atoms with Crippen molar-refractivity contribution in [1.82, 2.24) is 9.13 Å². The molecule has 1 aliphatic heterocycles. The molecule has 0 spiro atoms. The van der Waals surface area contributed by atoms with E-state index >= 15 is 0 Å². The summed E-state index contributed by atoms with van der Waals surface area (Å²) >= 11 is 0. The summed E-state index contributed by atoms with van der Waals surface area (Å²) in [5.74, 6) is 0.447. The minimum atomic E-state index is -2.99. The molecule has 0 amide bonds. The zero-order valence-corrected chi connectivity index (χ0v) is 30.3. The Balaban J connectivity index is 1.02. The third kappa shape index (κ3) is 4.90. The van der Waals surface area contributed by atoms with Gasteiger partial charge in [-0.1, -0.05) is 91.0 Å². The molecule has 7 heteroatoms. The summed E-state index contributed by atoms with van der Waals surface area (Å²) in [5, 5.41) is 4.84. The SMILES string of the molecule is O=S1(c2ccccc2)=[n+]2ccccc2=NC(c2ccc(-n3c4ccccc4c4cc(-c5ccc6c(c5)c5ccccc5n6-c5ccccc5)ccc43)cc2)=N1. The highest BCUT2D eigenvalue weighted by atomic mass is 32.2. The summed E-state index contributed by atoms with van der Waals surface area (Å²) in [5.41, 5.74) is 10.6. The van der Waals surface area contributed by atoms with Gasteiger partial charge < -0.3 is 9.13 Å². The Morgan fingerprint density at radius 1 is 0.436 bits per heavy atom. The summed E-state index contributed by atoms with van der Waals surface area (Å²) in [7, 11) is -2.99. The van der Waals surface area contributed by atoms with E-state index in [9.17, 15) is 4.21 Å². The molecular formula is C48H32N5OS+. The molecule has 6 nitrogen and oxygen atoms in total. The van der Waals surface area contributed by atoms with Crippen LogP contribution in [0.4, 0.5) is 0 Å². The summed E-state index contributed by atoms with van der Waals surface area (Å²) in [6.07, 6.45) is 1.79. The van der Waals surface area contributed by atoms with Gasteiger partial charge in [-0.05, 0) is 107 Å². The molecule has 0 bridgehead atoms. The van der Waals surface area contributed by atoms with Crippen LogP contribution in [0.25, 0.3) is 66.1 Å². The van der Waals surface area contributed by atoms with Crippen molar-refractivity contribution in [3.8, 4) is 22.5 Å². The molecule has 10 aromatic rings. The van der Waals surface area contributed by atoms with Crippen LogP contribution in [0, 0.1) is 0 Å².